The van der Waals surface area contributed by atoms with Crippen molar-refractivity contribution in [2.24, 2.45) is 7.05 Å². The van der Waals surface area contributed by atoms with Crippen molar-refractivity contribution in [3.05, 3.63) is 40.6 Å². The molecule has 2 atom stereocenters. The summed E-state index contributed by atoms with van der Waals surface area (Å²) in [6, 6.07) is 2.11. The number of imidazole rings is 1. The molecular formula is C16H22N4O2S. The summed E-state index contributed by atoms with van der Waals surface area (Å²) in [6.07, 6.45) is 6.07. The fourth-order valence-corrected chi connectivity index (χ4v) is 3.51. The Bertz CT molecular complexity index is 626. The maximum atomic E-state index is 12.0. The molecule has 1 fully saturated rings. The van der Waals surface area contributed by atoms with Gasteiger partial charge in [0, 0.05) is 26.2 Å². The molecule has 3 heterocycles. The molecule has 7 heteroatoms. The third-order valence-corrected chi connectivity index (χ3v) is 4.81. The predicted octanol–water partition coefficient (Wildman–Crippen LogP) is 2.24. The van der Waals surface area contributed by atoms with Crippen LogP contribution in [0.3, 0.4) is 0 Å². The standard InChI is InChI=1S/C16H22N4O2S/c1-20-11-17-9-14(20)15-8-13(3-6-22-15)19-16(21)18-5-2-12-4-7-23-10-12/h4,7,9-11,13,15H,2-3,5-6,8H2,1H3,(H2,18,19,21)/t13-,15+/m0/s1. The van der Waals surface area contributed by atoms with Crippen LogP contribution < -0.4 is 10.6 Å². The number of aromatic nitrogens is 2. The van der Waals surface area contributed by atoms with Crippen LogP contribution in [0.15, 0.2) is 29.4 Å². The van der Waals surface area contributed by atoms with Crippen LogP contribution in [0.1, 0.15) is 30.2 Å². The number of nitrogens with one attached hydrogen (secondary N) is 2. The molecule has 124 valence electrons. The summed E-state index contributed by atoms with van der Waals surface area (Å²) in [7, 11) is 1.96. The molecule has 1 saturated heterocycles. The van der Waals surface area contributed by atoms with Gasteiger partial charge < -0.3 is 19.9 Å². The molecule has 2 N–H and O–H groups in total. The Labute approximate surface area is 139 Å². The predicted molar refractivity (Wildman–Crippen MR) is 89.5 cm³/mol. The van der Waals surface area contributed by atoms with Crippen LogP contribution in [-0.4, -0.2) is 34.8 Å². The van der Waals surface area contributed by atoms with Crippen molar-refractivity contribution in [1.82, 2.24) is 20.2 Å². The fraction of sp³-hybridized carbons (Fsp3) is 0.500. The van der Waals surface area contributed by atoms with Gasteiger partial charge in [-0.1, -0.05) is 0 Å². The van der Waals surface area contributed by atoms with Crippen molar-refractivity contribution < 1.29 is 9.53 Å². The molecule has 0 spiro atoms. The number of aryl methyl sites for hydroxylation is 1. The Morgan fingerprint density at radius 1 is 1.57 bits per heavy atom. The SMILES string of the molecule is Cn1cncc1[C@H]1C[C@@H](NC(=O)NCCc2ccsc2)CCO1. The van der Waals surface area contributed by atoms with Gasteiger partial charge in [0.2, 0.25) is 0 Å². The van der Waals surface area contributed by atoms with Crippen LogP contribution in [0, 0.1) is 0 Å². The Morgan fingerprint density at radius 3 is 3.22 bits per heavy atom. The summed E-state index contributed by atoms with van der Waals surface area (Å²) in [4.78, 5) is 16.2. The van der Waals surface area contributed by atoms with Crippen molar-refractivity contribution in [2.45, 2.75) is 31.4 Å². The summed E-state index contributed by atoms with van der Waals surface area (Å²) in [5.74, 6) is 0. The molecule has 3 rings (SSSR count). The molecular weight excluding hydrogens is 312 g/mol. The third kappa shape index (κ3) is 4.33. The molecule has 0 aromatic carbocycles. The number of carbonyl (C=O) groups excluding carboxylic acids is 1. The van der Waals surface area contributed by atoms with E-state index >= 15 is 0 Å². The minimum atomic E-state index is -0.101. The Balaban J connectivity index is 1.44. The van der Waals surface area contributed by atoms with E-state index < -0.39 is 0 Å². The second kappa shape index (κ2) is 7.61. The summed E-state index contributed by atoms with van der Waals surface area (Å²) in [5.41, 5.74) is 2.31. The molecule has 23 heavy (non-hydrogen) atoms. The van der Waals surface area contributed by atoms with Gasteiger partial charge in [0.15, 0.2) is 0 Å². The van der Waals surface area contributed by atoms with E-state index in [2.05, 4.69) is 32.4 Å². The van der Waals surface area contributed by atoms with Gasteiger partial charge in [-0.3, -0.25) is 0 Å². The van der Waals surface area contributed by atoms with Crippen LogP contribution >= 0.6 is 11.3 Å². The number of rotatable bonds is 5. The van der Waals surface area contributed by atoms with E-state index in [0.29, 0.717) is 13.2 Å². The van der Waals surface area contributed by atoms with Crippen LogP contribution in [0.4, 0.5) is 4.79 Å². The molecule has 2 amide bonds. The highest BCUT2D eigenvalue weighted by atomic mass is 32.1. The highest BCUT2D eigenvalue weighted by Crippen LogP contribution is 2.27. The average Bonchev–Trinajstić information content (AvgIpc) is 3.19. The fourth-order valence-electron chi connectivity index (χ4n) is 2.80. The molecule has 0 bridgehead atoms. The monoisotopic (exact) mass is 334 g/mol. The van der Waals surface area contributed by atoms with Gasteiger partial charge in [-0.25, -0.2) is 9.78 Å². The van der Waals surface area contributed by atoms with Crippen LogP contribution in [0.25, 0.3) is 0 Å². The zero-order chi connectivity index (χ0) is 16.1. The van der Waals surface area contributed by atoms with E-state index in [1.165, 1.54) is 5.56 Å². The largest absolute Gasteiger partial charge is 0.372 e. The van der Waals surface area contributed by atoms with Gasteiger partial charge in [-0.15, -0.1) is 0 Å². The number of hydrogen-bond donors (Lipinski definition) is 2. The van der Waals surface area contributed by atoms with Crippen molar-refractivity contribution in [2.75, 3.05) is 13.2 Å². The molecule has 2 aromatic rings. The number of carbonyl (C=O) groups is 1. The van der Waals surface area contributed by atoms with Crippen molar-refractivity contribution in [3.8, 4) is 0 Å². The second-order valence-corrected chi connectivity index (χ2v) is 6.57. The third-order valence-electron chi connectivity index (χ3n) is 4.08. The zero-order valence-electron chi connectivity index (χ0n) is 13.2. The lowest BCUT2D eigenvalue weighted by molar-refractivity contribution is -0.00176. The number of nitrogens with zero attached hydrogens (tertiary/aromatic N) is 2. The minimum absolute atomic E-state index is 0.00708. The molecule has 1 aliphatic rings. The second-order valence-electron chi connectivity index (χ2n) is 5.79. The molecule has 0 aliphatic carbocycles. The molecule has 0 radical (unpaired) electrons. The highest BCUT2D eigenvalue weighted by molar-refractivity contribution is 7.07. The number of thiophene rings is 1. The van der Waals surface area contributed by atoms with Crippen LogP contribution in [0.2, 0.25) is 0 Å². The zero-order valence-corrected chi connectivity index (χ0v) is 14.0. The normalized spacial score (nSPS) is 21.1. The Kier molecular flexibility index (Phi) is 5.30. The average molecular weight is 334 g/mol. The maximum Gasteiger partial charge on any atom is 0.315 e. The lowest BCUT2D eigenvalue weighted by atomic mass is 10.0. The molecule has 0 unspecified atom stereocenters. The van der Waals surface area contributed by atoms with Gasteiger partial charge in [0.05, 0.1) is 18.2 Å². The van der Waals surface area contributed by atoms with E-state index in [4.69, 9.17) is 4.74 Å². The van der Waals surface area contributed by atoms with Crippen LogP contribution in [-0.2, 0) is 18.2 Å². The lowest BCUT2D eigenvalue weighted by Gasteiger charge is -2.30. The summed E-state index contributed by atoms with van der Waals surface area (Å²) < 4.78 is 7.78. The Morgan fingerprint density at radius 2 is 2.48 bits per heavy atom. The van der Waals surface area contributed by atoms with Gasteiger partial charge in [-0.05, 0) is 41.7 Å². The number of urea groups is 1. The van der Waals surface area contributed by atoms with Gasteiger partial charge >= 0.3 is 6.03 Å². The summed E-state index contributed by atoms with van der Waals surface area (Å²) in [5, 5.41) is 10.1. The topological polar surface area (TPSA) is 68.2 Å². The molecule has 1 aliphatic heterocycles. The van der Waals surface area contributed by atoms with E-state index in [9.17, 15) is 4.79 Å². The van der Waals surface area contributed by atoms with Crippen LogP contribution in [0.5, 0.6) is 0 Å². The molecule has 6 nitrogen and oxygen atoms in total. The van der Waals surface area contributed by atoms with E-state index in [1.807, 2.05) is 17.8 Å². The van der Waals surface area contributed by atoms with Crippen molar-refractivity contribution >= 4 is 17.4 Å². The number of ether oxygens (including phenoxy) is 1. The summed E-state index contributed by atoms with van der Waals surface area (Å²) >= 11 is 1.68. The van der Waals surface area contributed by atoms with Crippen molar-refractivity contribution in [1.29, 1.82) is 0 Å². The van der Waals surface area contributed by atoms with Crippen molar-refractivity contribution in [3.63, 3.8) is 0 Å². The number of amides is 2. The van der Waals surface area contributed by atoms with E-state index in [0.717, 1.165) is 25.0 Å². The first-order chi connectivity index (χ1) is 11.2. The smallest absolute Gasteiger partial charge is 0.315 e. The van der Waals surface area contributed by atoms with E-state index in [-0.39, 0.29) is 18.2 Å². The lowest BCUT2D eigenvalue weighted by Crippen LogP contribution is -2.45. The Hall–Kier alpha value is -1.86. The molecule has 2 aromatic heterocycles. The minimum Gasteiger partial charge on any atom is -0.372 e. The maximum absolute atomic E-state index is 12.0. The first-order valence-corrected chi connectivity index (χ1v) is 8.80. The van der Waals surface area contributed by atoms with Gasteiger partial charge in [0.1, 0.15) is 6.10 Å². The first-order valence-electron chi connectivity index (χ1n) is 7.85. The number of hydrogen-bond acceptors (Lipinski definition) is 4. The van der Waals surface area contributed by atoms with Gasteiger partial charge in [0.25, 0.3) is 0 Å². The molecule has 0 saturated carbocycles. The quantitative estimate of drug-likeness (QED) is 0.881. The summed E-state index contributed by atoms with van der Waals surface area (Å²) in [6.45, 7) is 1.30. The highest BCUT2D eigenvalue weighted by Gasteiger charge is 2.26. The van der Waals surface area contributed by atoms with E-state index in [1.54, 1.807) is 17.7 Å². The first kappa shape index (κ1) is 16.0. The van der Waals surface area contributed by atoms with Gasteiger partial charge in [-0.2, -0.15) is 11.3 Å².